The van der Waals surface area contributed by atoms with E-state index in [2.05, 4.69) is 21.9 Å². The average Bonchev–Trinajstić information content (AvgIpc) is 3.51. The van der Waals surface area contributed by atoms with Crippen LogP contribution in [-0.2, 0) is 19.1 Å². The van der Waals surface area contributed by atoms with Crippen molar-refractivity contribution in [2.75, 3.05) is 13.7 Å². The number of ether oxygens (including phenoxy) is 3. The monoisotopic (exact) mass is 545 g/mol. The Bertz CT molecular complexity index is 1460. The average molecular weight is 546 g/mol. The predicted molar refractivity (Wildman–Crippen MR) is 146 cm³/mol. The molecule has 208 valence electrons. The number of amides is 1. The van der Waals surface area contributed by atoms with Gasteiger partial charge in [-0.1, -0.05) is 36.4 Å². The maximum atomic E-state index is 13.4. The number of hydrogen-bond donors (Lipinski definition) is 2. The van der Waals surface area contributed by atoms with Crippen molar-refractivity contribution in [3.8, 4) is 23.0 Å². The van der Waals surface area contributed by atoms with Crippen molar-refractivity contribution in [2.45, 2.75) is 37.8 Å². The van der Waals surface area contributed by atoms with E-state index in [0.29, 0.717) is 34.8 Å². The van der Waals surface area contributed by atoms with Gasteiger partial charge >= 0.3 is 11.9 Å². The lowest BCUT2D eigenvalue weighted by molar-refractivity contribution is -0.150. The topological polar surface area (TPSA) is 137 Å². The van der Waals surface area contributed by atoms with E-state index >= 15 is 0 Å². The molecule has 2 fully saturated rings. The Balaban J connectivity index is 1.42. The fraction of sp³-hybridized carbons (Fsp3) is 0.367. The molecule has 40 heavy (non-hydrogen) atoms. The molecular weight excluding hydrogens is 514 g/mol. The summed E-state index contributed by atoms with van der Waals surface area (Å²) in [6.45, 7) is 5.60. The second-order valence-electron chi connectivity index (χ2n) is 10.1. The third-order valence-corrected chi connectivity index (χ3v) is 7.64. The number of fused-ring (bicyclic) bond motifs is 1. The summed E-state index contributed by atoms with van der Waals surface area (Å²) in [5.74, 6) is -2.97. The molecule has 3 aromatic rings. The van der Waals surface area contributed by atoms with Crippen LogP contribution in [0.3, 0.4) is 0 Å². The summed E-state index contributed by atoms with van der Waals surface area (Å²) < 4.78 is 16.9. The van der Waals surface area contributed by atoms with E-state index in [-0.39, 0.29) is 25.4 Å². The van der Waals surface area contributed by atoms with Gasteiger partial charge in [0, 0.05) is 17.5 Å². The second-order valence-corrected chi connectivity index (χ2v) is 10.1. The zero-order chi connectivity index (χ0) is 28.4. The summed E-state index contributed by atoms with van der Waals surface area (Å²) >= 11 is 0. The molecule has 2 aromatic carbocycles. The van der Waals surface area contributed by atoms with Crippen LogP contribution in [0.15, 0.2) is 61.2 Å². The zero-order valence-corrected chi connectivity index (χ0v) is 22.3. The lowest BCUT2D eigenvalue weighted by Gasteiger charge is -2.21. The first-order valence-electron chi connectivity index (χ1n) is 13.2. The highest BCUT2D eigenvalue weighted by Gasteiger charge is 2.62. The Morgan fingerprint density at radius 2 is 1.88 bits per heavy atom. The molecule has 10 nitrogen and oxygen atoms in total. The lowest BCUT2D eigenvalue weighted by Crippen LogP contribution is -2.49. The first-order chi connectivity index (χ1) is 19.3. The van der Waals surface area contributed by atoms with E-state index in [9.17, 15) is 19.5 Å². The number of carboxylic acids is 1. The standard InChI is InChI=1S/C30H31N3O7/c1-4-18-16-30(18,29(37)39-5-2)33-26(34)22-13-20(14-23(22)28(35)36)40-27-21-12-11-19(38-3)15-24(21)31-25(32-27)17-9-7-6-8-10-17/h4,6-12,15,18,20,22-23H,1,5,13-14,16H2,2-3H3,(H,33,34)(H,35,36)/t18-,20+,22+,23+,30+/m0/s1. The largest absolute Gasteiger partial charge is 0.497 e. The Hall–Kier alpha value is -4.47. The molecule has 1 heterocycles. The highest BCUT2D eigenvalue weighted by molar-refractivity contribution is 5.94. The summed E-state index contributed by atoms with van der Waals surface area (Å²) in [4.78, 5) is 47.6. The van der Waals surface area contributed by atoms with Crippen LogP contribution in [0.1, 0.15) is 26.2 Å². The number of carboxylic acid groups (broad SMARTS) is 1. The number of aromatic nitrogens is 2. The van der Waals surface area contributed by atoms with Crippen LogP contribution in [0.2, 0.25) is 0 Å². The van der Waals surface area contributed by atoms with Crippen LogP contribution < -0.4 is 14.8 Å². The third-order valence-electron chi connectivity index (χ3n) is 7.64. The van der Waals surface area contributed by atoms with E-state index in [4.69, 9.17) is 14.2 Å². The van der Waals surface area contributed by atoms with Gasteiger partial charge in [-0.05, 0) is 38.3 Å². The highest BCUT2D eigenvalue weighted by Crippen LogP contribution is 2.46. The van der Waals surface area contributed by atoms with Gasteiger partial charge in [-0.15, -0.1) is 6.58 Å². The van der Waals surface area contributed by atoms with Crippen LogP contribution in [0, 0.1) is 17.8 Å². The number of rotatable bonds is 10. The van der Waals surface area contributed by atoms with Gasteiger partial charge < -0.3 is 24.6 Å². The summed E-state index contributed by atoms with van der Waals surface area (Å²) in [7, 11) is 1.57. The summed E-state index contributed by atoms with van der Waals surface area (Å²) in [5.41, 5.74) is 0.184. The fourth-order valence-electron chi connectivity index (χ4n) is 5.40. The molecule has 0 spiro atoms. The summed E-state index contributed by atoms with van der Waals surface area (Å²) in [5, 5.41) is 13.4. The predicted octanol–water partition coefficient (Wildman–Crippen LogP) is 3.79. The number of methoxy groups -OCH3 is 1. The number of carbonyl (C=O) groups excluding carboxylic acids is 2. The Morgan fingerprint density at radius 3 is 2.52 bits per heavy atom. The van der Waals surface area contributed by atoms with Gasteiger partial charge in [-0.25, -0.2) is 9.78 Å². The van der Waals surface area contributed by atoms with Gasteiger partial charge in [0.1, 0.15) is 17.4 Å². The Labute approximate surface area is 231 Å². The molecule has 5 rings (SSSR count). The van der Waals surface area contributed by atoms with Crippen molar-refractivity contribution < 1.29 is 33.7 Å². The van der Waals surface area contributed by atoms with Crippen molar-refractivity contribution >= 4 is 28.7 Å². The molecule has 2 N–H and O–H groups in total. The van der Waals surface area contributed by atoms with Crippen LogP contribution in [-0.4, -0.2) is 58.3 Å². The van der Waals surface area contributed by atoms with Crippen LogP contribution in [0.25, 0.3) is 22.3 Å². The van der Waals surface area contributed by atoms with Crippen molar-refractivity contribution in [1.29, 1.82) is 0 Å². The van der Waals surface area contributed by atoms with Crippen molar-refractivity contribution in [3.63, 3.8) is 0 Å². The minimum absolute atomic E-state index is 0.104. The number of esters is 1. The maximum Gasteiger partial charge on any atom is 0.332 e. The Morgan fingerprint density at radius 1 is 1.12 bits per heavy atom. The Kier molecular flexibility index (Phi) is 7.42. The van der Waals surface area contributed by atoms with Crippen molar-refractivity contribution in [2.24, 2.45) is 17.8 Å². The molecule has 10 heteroatoms. The quantitative estimate of drug-likeness (QED) is 0.288. The maximum absolute atomic E-state index is 13.4. The normalized spacial score (nSPS) is 25.1. The van der Waals surface area contributed by atoms with Crippen LogP contribution in [0.5, 0.6) is 11.6 Å². The molecule has 0 bridgehead atoms. The number of nitrogens with zero attached hydrogens (tertiary/aromatic N) is 2. The number of aliphatic carboxylic acids is 1. The fourth-order valence-corrected chi connectivity index (χ4v) is 5.40. The van der Waals surface area contributed by atoms with Gasteiger partial charge in [0.05, 0.1) is 36.5 Å². The van der Waals surface area contributed by atoms with Gasteiger partial charge in [-0.2, -0.15) is 4.98 Å². The molecule has 1 amide bonds. The number of nitrogens with one attached hydrogen (secondary N) is 1. The number of benzene rings is 2. The van der Waals surface area contributed by atoms with Crippen LogP contribution in [0.4, 0.5) is 0 Å². The van der Waals surface area contributed by atoms with Gasteiger partial charge in [0.25, 0.3) is 0 Å². The molecule has 0 radical (unpaired) electrons. The highest BCUT2D eigenvalue weighted by atomic mass is 16.5. The molecule has 2 aliphatic rings. The first-order valence-corrected chi connectivity index (χ1v) is 13.2. The van der Waals surface area contributed by atoms with E-state index in [1.807, 2.05) is 30.3 Å². The minimum atomic E-state index is -1.21. The minimum Gasteiger partial charge on any atom is -0.497 e. The summed E-state index contributed by atoms with van der Waals surface area (Å²) in [6.07, 6.45) is 1.61. The van der Waals surface area contributed by atoms with Gasteiger partial charge in [0.15, 0.2) is 5.82 Å². The molecule has 2 aliphatic carbocycles. The number of carbonyl (C=O) groups is 3. The van der Waals surface area contributed by atoms with Crippen molar-refractivity contribution in [1.82, 2.24) is 15.3 Å². The molecule has 0 unspecified atom stereocenters. The van der Waals surface area contributed by atoms with E-state index in [0.717, 1.165) is 5.56 Å². The first kappa shape index (κ1) is 27.1. The third kappa shape index (κ3) is 5.09. The SMILES string of the molecule is C=C[C@H]1C[C@]1(NC(=O)[C@@H]1C[C@@H](Oc2nc(-c3ccccc3)nc3cc(OC)ccc23)C[C@H]1C(=O)O)C(=O)OCC. The van der Waals surface area contributed by atoms with Gasteiger partial charge in [0.2, 0.25) is 11.8 Å². The lowest BCUT2D eigenvalue weighted by atomic mass is 9.94. The molecular formula is C30H31N3O7. The molecule has 1 aromatic heterocycles. The molecule has 2 saturated carbocycles. The second kappa shape index (κ2) is 11.0. The van der Waals surface area contributed by atoms with Crippen LogP contribution >= 0.6 is 0 Å². The number of hydrogen-bond acceptors (Lipinski definition) is 8. The molecule has 0 aliphatic heterocycles. The molecule has 0 saturated heterocycles. The zero-order valence-electron chi connectivity index (χ0n) is 22.3. The van der Waals surface area contributed by atoms with Crippen molar-refractivity contribution in [3.05, 3.63) is 61.2 Å². The van der Waals surface area contributed by atoms with E-state index < -0.39 is 41.3 Å². The molecule has 5 atom stereocenters. The summed E-state index contributed by atoms with van der Waals surface area (Å²) in [6, 6.07) is 14.8. The van der Waals surface area contributed by atoms with E-state index in [1.165, 1.54) is 0 Å². The van der Waals surface area contributed by atoms with Gasteiger partial charge in [-0.3, -0.25) is 9.59 Å². The van der Waals surface area contributed by atoms with E-state index in [1.54, 1.807) is 38.3 Å². The smallest absolute Gasteiger partial charge is 0.332 e.